The van der Waals surface area contributed by atoms with Crippen LogP contribution in [0.2, 0.25) is 0 Å². The van der Waals surface area contributed by atoms with Gasteiger partial charge in [0.25, 0.3) is 0 Å². The zero-order valence-electron chi connectivity index (χ0n) is 12.4. The van der Waals surface area contributed by atoms with Crippen LogP contribution in [0.4, 0.5) is 4.39 Å². The lowest BCUT2D eigenvalue weighted by atomic mass is 10.0. The molecule has 0 spiro atoms. The number of benzene rings is 2. The highest BCUT2D eigenvalue weighted by Crippen LogP contribution is 2.32. The van der Waals surface area contributed by atoms with Crippen molar-refractivity contribution in [3.63, 3.8) is 0 Å². The quantitative estimate of drug-likeness (QED) is 0.794. The number of ether oxygens (including phenoxy) is 2. The summed E-state index contributed by atoms with van der Waals surface area (Å²) in [6.45, 7) is 1.63. The maximum absolute atomic E-state index is 14.2. The van der Waals surface area contributed by atoms with Crippen LogP contribution >= 0.6 is 0 Å². The van der Waals surface area contributed by atoms with Crippen LogP contribution in [-0.4, -0.2) is 27.4 Å². The lowest BCUT2D eigenvalue weighted by Crippen LogP contribution is -2.06. The summed E-state index contributed by atoms with van der Waals surface area (Å²) in [7, 11) is 3.49. The van der Waals surface area contributed by atoms with E-state index in [2.05, 4.69) is 5.32 Å². The van der Waals surface area contributed by atoms with E-state index in [4.69, 9.17) is 9.47 Å². The highest BCUT2D eigenvalue weighted by molar-refractivity contribution is 5.71. The average Bonchev–Trinajstić information content (AvgIpc) is 2.50. The fraction of sp³-hybridized carbons (Fsp3) is 0.294. The van der Waals surface area contributed by atoms with Gasteiger partial charge in [-0.25, -0.2) is 4.39 Å². The van der Waals surface area contributed by atoms with Crippen LogP contribution in [0.5, 0.6) is 5.75 Å². The zero-order valence-corrected chi connectivity index (χ0v) is 12.4. The van der Waals surface area contributed by atoms with Crippen LogP contribution in [0, 0.1) is 5.82 Å². The minimum Gasteiger partial charge on any atom is -0.491 e. The van der Waals surface area contributed by atoms with Gasteiger partial charge in [0.2, 0.25) is 0 Å². The normalized spacial score (nSPS) is 10.6. The highest BCUT2D eigenvalue weighted by Gasteiger charge is 2.11. The summed E-state index contributed by atoms with van der Waals surface area (Å²) >= 11 is 0. The Labute approximate surface area is 124 Å². The van der Waals surface area contributed by atoms with Crippen molar-refractivity contribution in [2.45, 2.75) is 6.54 Å². The molecule has 0 heterocycles. The van der Waals surface area contributed by atoms with E-state index in [1.54, 1.807) is 13.2 Å². The highest BCUT2D eigenvalue weighted by atomic mass is 19.1. The van der Waals surface area contributed by atoms with Crippen LogP contribution < -0.4 is 10.1 Å². The van der Waals surface area contributed by atoms with Crippen molar-refractivity contribution in [2.24, 2.45) is 0 Å². The van der Waals surface area contributed by atoms with E-state index < -0.39 is 0 Å². The molecule has 112 valence electrons. The maximum atomic E-state index is 14.2. The minimum atomic E-state index is -0.252. The summed E-state index contributed by atoms with van der Waals surface area (Å²) in [6, 6.07) is 12.6. The lowest BCUT2D eigenvalue weighted by molar-refractivity contribution is 0.146. The van der Waals surface area contributed by atoms with Crippen molar-refractivity contribution in [3.8, 4) is 16.9 Å². The van der Waals surface area contributed by atoms with Gasteiger partial charge in [0, 0.05) is 24.8 Å². The molecule has 0 aromatic heterocycles. The maximum Gasteiger partial charge on any atom is 0.131 e. The summed E-state index contributed by atoms with van der Waals surface area (Å²) < 4.78 is 24.8. The Morgan fingerprint density at radius 3 is 2.62 bits per heavy atom. The van der Waals surface area contributed by atoms with E-state index >= 15 is 0 Å². The zero-order chi connectivity index (χ0) is 15.1. The summed E-state index contributed by atoms with van der Waals surface area (Å²) in [4.78, 5) is 0. The summed E-state index contributed by atoms with van der Waals surface area (Å²) in [5.41, 5.74) is 2.33. The van der Waals surface area contributed by atoms with Gasteiger partial charge in [-0.3, -0.25) is 0 Å². The molecule has 1 N–H and O–H groups in total. The van der Waals surface area contributed by atoms with Gasteiger partial charge in [0.1, 0.15) is 18.2 Å². The smallest absolute Gasteiger partial charge is 0.131 e. The first-order valence-electron chi connectivity index (χ1n) is 6.90. The van der Waals surface area contributed by atoms with Crippen LogP contribution in [0.15, 0.2) is 42.5 Å². The summed E-state index contributed by atoms with van der Waals surface area (Å²) in [5.74, 6) is 0.410. The van der Waals surface area contributed by atoms with Crippen molar-refractivity contribution < 1.29 is 13.9 Å². The number of halogens is 1. The minimum absolute atomic E-state index is 0.252. The van der Waals surface area contributed by atoms with Crippen molar-refractivity contribution in [1.29, 1.82) is 0 Å². The monoisotopic (exact) mass is 289 g/mol. The molecule has 0 saturated heterocycles. The standard InChI is InChI=1S/C17H20FNO2/c1-19-12-13-7-8-16(18)15(11-13)14-5-3-4-6-17(14)21-10-9-20-2/h3-8,11,19H,9-10,12H2,1-2H3. The lowest BCUT2D eigenvalue weighted by Gasteiger charge is -2.13. The second kappa shape index (κ2) is 7.76. The molecule has 4 heteroatoms. The Hall–Kier alpha value is -1.91. The van der Waals surface area contributed by atoms with Crippen molar-refractivity contribution in [1.82, 2.24) is 5.32 Å². The number of rotatable bonds is 7. The molecular formula is C17H20FNO2. The first-order valence-corrected chi connectivity index (χ1v) is 6.90. The molecular weight excluding hydrogens is 269 g/mol. The third-order valence-corrected chi connectivity index (χ3v) is 3.13. The van der Waals surface area contributed by atoms with E-state index in [-0.39, 0.29) is 5.82 Å². The van der Waals surface area contributed by atoms with Crippen LogP contribution in [0.25, 0.3) is 11.1 Å². The fourth-order valence-electron chi connectivity index (χ4n) is 2.14. The predicted molar refractivity (Wildman–Crippen MR) is 82.0 cm³/mol. The molecule has 0 saturated carbocycles. The molecule has 2 rings (SSSR count). The first kappa shape index (κ1) is 15.5. The molecule has 0 unspecified atom stereocenters. The van der Waals surface area contributed by atoms with Gasteiger partial charge in [0.05, 0.1) is 6.61 Å². The Morgan fingerprint density at radius 2 is 1.86 bits per heavy atom. The van der Waals surface area contributed by atoms with E-state index in [9.17, 15) is 4.39 Å². The van der Waals surface area contributed by atoms with Gasteiger partial charge < -0.3 is 14.8 Å². The number of methoxy groups -OCH3 is 1. The van der Waals surface area contributed by atoms with Gasteiger partial charge in [-0.15, -0.1) is 0 Å². The topological polar surface area (TPSA) is 30.5 Å². The first-order chi connectivity index (χ1) is 10.3. The molecule has 0 aliphatic carbocycles. The van der Waals surface area contributed by atoms with Crippen molar-refractivity contribution >= 4 is 0 Å². The second-order valence-corrected chi connectivity index (χ2v) is 4.68. The molecule has 21 heavy (non-hydrogen) atoms. The van der Waals surface area contributed by atoms with Crippen LogP contribution in [0.1, 0.15) is 5.56 Å². The average molecular weight is 289 g/mol. The fourth-order valence-corrected chi connectivity index (χ4v) is 2.14. The molecule has 0 amide bonds. The Balaban J connectivity index is 2.34. The summed E-state index contributed by atoms with van der Waals surface area (Å²) in [6.07, 6.45) is 0. The third-order valence-electron chi connectivity index (χ3n) is 3.13. The Morgan fingerprint density at radius 1 is 1.05 bits per heavy atom. The number of para-hydroxylation sites is 1. The van der Waals surface area contributed by atoms with Gasteiger partial charge in [-0.2, -0.15) is 0 Å². The van der Waals surface area contributed by atoms with Gasteiger partial charge in [-0.05, 0) is 30.8 Å². The number of hydrogen-bond donors (Lipinski definition) is 1. The predicted octanol–water partition coefficient (Wildman–Crippen LogP) is 3.24. The largest absolute Gasteiger partial charge is 0.491 e. The molecule has 2 aromatic rings. The molecule has 3 nitrogen and oxygen atoms in total. The third kappa shape index (κ3) is 4.03. The van der Waals surface area contributed by atoms with Crippen LogP contribution in [-0.2, 0) is 11.3 Å². The molecule has 2 aromatic carbocycles. The molecule has 0 aliphatic rings. The van der Waals surface area contributed by atoms with E-state index in [0.29, 0.717) is 31.1 Å². The molecule has 0 bridgehead atoms. The van der Waals surface area contributed by atoms with Crippen molar-refractivity contribution in [3.05, 3.63) is 53.8 Å². The SMILES string of the molecule is CNCc1ccc(F)c(-c2ccccc2OCCOC)c1. The molecule has 0 radical (unpaired) electrons. The van der Waals surface area contributed by atoms with E-state index in [1.807, 2.05) is 37.4 Å². The Bertz CT molecular complexity index is 587. The van der Waals surface area contributed by atoms with Gasteiger partial charge in [-0.1, -0.05) is 24.3 Å². The second-order valence-electron chi connectivity index (χ2n) is 4.68. The molecule has 0 aliphatic heterocycles. The number of hydrogen-bond acceptors (Lipinski definition) is 3. The van der Waals surface area contributed by atoms with Gasteiger partial charge >= 0.3 is 0 Å². The molecule has 0 atom stereocenters. The molecule has 0 fully saturated rings. The summed E-state index contributed by atoms with van der Waals surface area (Å²) in [5, 5.41) is 3.07. The van der Waals surface area contributed by atoms with E-state index in [0.717, 1.165) is 11.1 Å². The van der Waals surface area contributed by atoms with Gasteiger partial charge in [0.15, 0.2) is 0 Å². The van der Waals surface area contributed by atoms with Crippen molar-refractivity contribution in [2.75, 3.05) is 27.4 Å². The Kier molecular flexibility index (Phi) is 5.72. The van der Waals surface area contributed by atoms with Crippen LogP contribution in [0.3, 0.4) is 0 Å². The number of nitrogens with one attached hydrogen (secondary N) is 1. The van der Waals surface area contributed by atoms with E-state index in [1.165, 1.54) is 6.07 Å².